The number of amides is 1. The minimum Gasteiger partial charge on any atom is -0.378 e. The largest absolute Gasteiger partial charge is 0.378 e. The van der Waals surface area contributed by atoms with Crippen molar-refractivity contribution < 1.29 is 4.79 Å². The molecule has 7 heteroatoms. The van der Waals surface area contributed by atoms with Crippen LogP contribution in [0, 0.1) is 0 Å². The maximum absolute atomic E-state index is 11.2. The zero-order chi connectivity index (χ0) is 14.4. The second-order valence-corrected chi connectivity index (χ2v) is 5.08. The van der Waals surface area contributed by atoms with Crippen molar-refractivity contribution in [2.45, 2.75) is 11.7 Å². The van der Waals surface area contributed by atoms with Gasteiger partial charge in [-0.1, -0.05) is 30.0 Å². The molecule has 6 nitrogen and oxygen atoms in total. The SMILES string of the molecule is CNC(=O)CSc1nnc(CNc2ccccc2)n1C. The number of carbonyl (C=O) groups is 1. The molecule has 2 rings (SSSR count). The highest BCUT2D eigenvalue weighted by molar-refractivity contribution is 7.99. The van der Waals surface area contributed by atoms with E-state index in [1.807, 2.05) is 41.9 Å². The Labute approximate surface area is 122 Å². The third kappa shape index (κ3) is 3.74. The lowest BCUT2D eigenvalue weighted by atomic mass is 10.3. The third-order valence-corrected chi connectivity index (χ3v) is 3.78. The molecule has 0 saturated heterocycles. The van der Waals surface area contributed by atoms with Crippen LogP contribution < -0.4 is 10.6 Å². The van der Waals surface area contributed by atoms with E-state index in [9.17, 15) is 4.79 Å². The van der Waals surface area contributed by atoms with Crippen LogP contribution in [0.15, 0.2) is 35.5 Å². The Hall–Kier alpha value is -2.02. The Bertz CT molecular complexity index is 569. The van der Waals surface area contributed by atoms with Crippen LogP contribution in [0.5, 0.6) is 0 Å². The second kappa shape index (κ2) is 6.95. The van der Waals surface area contributed by atoms with Crippen LogP contribution in [-0.2, 0) is 18.4 Å². The Morgan fingerprint density at radius 2 is 2.05 bits per heavy atom. The van der Waals surface area contributed by atoms with Crippen LogP contribution in [0.2, 0.25) is 0 Å². The standard InChI is InChI=1S/C13H17N5OS/c1-14-12(19)9-20-13-17-16-11(18(13)2)8-15-10-6-4-3-5-7-10/h3-7,15H,8-9H2,1-2H3,(H,14,19). The maximum atomic E-state index is 11.2. The van der Waals surface area contributed by atoms with Gasteiger partial charge in [-0.15, -0.1) is 10.2 Å². The molecule has 0 radical (unpaired) electrons. The number of benzene rings is 1. The molecule has 1 aromatic heterocycles. The Morgan fingerprint density at radius 1 is 1.30 bits per heavy atom. The van der Waals surface area contributed by atoms with Gasteiger partial charge >= 0.3 is 0 Å². The van der Waals surface area contributed by atoms with E-state index in [0.29, 0.717) is 12.3 Å². The molecule has 0 aliphatic carbocycles. The highest BCUT2D eigenvalue weighted by Crippen LogP contribution is 2.16. The van der Waals surface area contributed by atoms with Crippen LogP contribution >= 0.6 is 11.8 Å². The summed E-state index contributed by atoms with van der Waals surface area (Å²) in [6, 6.07) is 9.92. The van der Waals surface area contributed by atoms with Gasteiger partial charge in [0.15, 0.2) is 11.0 Å². The summed E-state index contributed by atoms with van der Waals surface area (Å²) < 4.78 is 1.89. The number of hydrogen-bond acceptors (Lipinski definition) is 5. The molecule has 1 amide bonds. The molecule has 0 spiro atoms. The lowest BCUT2D eigenvalue weighted by Crippen LogP contribution is -2.20. The zero-order valence-electron chi connectivity index (χ0n) is 11.5. The summed E-state index contributed by atoms with van der Waals surface area (Å²) in [6.07, 6.45) is 0. The lowest BCUT2D eigenvalue weighted by Gasteiger charge is -2.06. The second-order valence-electron chi connectivity index (χ2n) is 4.14. The number of hydrogen-bond donors (Lipinski definition) is 2. The molecule has 106 valence electrons. The third-order valence-electron chi connectivity index (χ3n) is 2.76. The van der Waals surface area contributed by atoms with Gasteiger partial charge in [0, 0.05) is 19.8 Å². The molecule has 1 heterocycles. The fraction of sp³-hybridized carbons (Fsp3) is 0.308. The number of carbonyl (C=O) groups excluding carboxylic acids is 1. The maximum Gasteiger partial charge on any atom is 0.230 e. The number of anilines is 1. The fourth-order valence-electron chi connectivity index (χ4n) is 1.56. The highest BCUT2D eigenvalue weighted by Gasteiger charge is 2.10. The summed E-state index contributed by atoms with van der Waals surface area (Å²) in [6.45, 7) is 0.591. The number of aromatic nitrogens is 3. The highest BCUT2D eigenvalue weighted by atomic mass is 32.2. The van der Waals surface area contributed by atoms with Crippen molar-refractivity contribution in [2.24, 2.45) is 7.05 Å². The average molecular weight is 291 g/mol. The van der Waals surface area contributed by atoms with E-state index >= 15 is 0 Å². The van der Waals surface area contributed by atoms with Crippen LogP contribution in [0.1, 0.15) is 5.82 Å². The predicted molar refractivity (Wildman–Crippen MR) is 79.6 cm³/mol. The van der Waals surface area contributed by atoms with E-state index in [4.69, 9.17) is 0 Å². The van der Waals surface area contributed by atoms with Gasteiger partial charge in [-0.2, -0.15) is 0 Å². The van der Waals surface area contributed by atoms with E-state index in [1.54, 1.807) is 7.05 Å². The van der Waals surface area contributed by atoms with E-state index in [0.717, 1.165) is 16.7 Å². The molecular formula is C13H17N5OS. The minimum absolute atomic E-state index is 0.0260. The monoisotopic (exact) mass is 291 g/mol. The molecule has 0 bridgehead atoms. The average Bonchev–Trinajstić information content (AvgIpc) is 2.84. The van der Waals surface area contributed by atoms with Crippen LogP contribution in [0.25, 0.3) is 0 Å². The van der Waals surface area contributed by atoms with Crippen LogP contribution in [0.4, 0.5) is 5.69 Å². The molecule has 2 aromatic rings. The van der Waals surface area contributed by atoms with Gasteiger partial charge in [0.2, 0.25) is 5.91 Å². The van der Waals surface area contributed by atoms with E-state index in [2.05, 4.69) is 20.8 Å². The molecule has 0 fully saturated rings. The zero-order valence-corrected chi connectivity index (χ0v) is 12.3. The number of para-hydroxylation sites is 1. The van der Waals surface area contributed by atoms with Crippen molar-refractivity contribution in [3.8, 4) is 0 Å². The number of nitrogens with zero attached hydrogens (tertiary/aromatic N) is 3. The quantitative estimate of drug-likeness (QED) is 0.784. The van der Waals surface area contributed by atoms with E-state index < -0.39 is 0 Å². The Balaban J connectivity index is 1.93. The first-order valence-electron chi connectivity index (χ1n) is 6.21. The number of thioether (sulfide) groups is 1. The fourth-order valence-corrected chi connectivity index (χ4v) is 2.37. The van der Waals surface area contributed by atoms with Gasteiger partial charge in [0.1, 0.15) is 0 Å². The summed E-state index contributed by atoms with van der Waals surface area (Å²) in [5, 5.41) is 14.8. The molecule has 0 saturated carbocycles. The van der Waals surface area contributed by atoms with E-state index in [1.165, 1.54) is 11.8 Å². The van der Waals surface area contributed by atoms with Crippen molar-refractivity contribution >= 4 is 23.4 Å². The number of nitrogens with one attached hydrogen (secondary N) is 2. The number of rotatable bonds is 6. The molecule has 0 aliphatic rings. The summed E-state index contributed by atoms with van der Waals surface area (Å²) in [7, 11) is 3.52. The van der Waals surface area contributed by atoms with Crippen LogP contribution in [0.3, 0.4) is 0 Å². The van der Waals surface area contributed by atoms with E-state index in [-0.39, 0.29) is 5.91 Å². The first-order chi connectivity index (χ1) is 9.70. The van der Waals surface area contributed by atoms with Crippen molar-refractivity contribution in [3.63, 3.8) is 0 Å². The summed E-state index contributed by atoms with van der Waals surface area (Å²) in [5.41, 5.74) is 1.04. The Kier molecular flexibility index (Phi) is 5.00. The summed E-state index contributed by atoms with van der Waals surface area (Å²) >= 11 is 1.37. The lowest BCUT2D eigenvalue weighted by molar-refractivity contribution is -0.118. The predicted octanol–water partition coefficient (Wildman–Crippen LogP) is 1.27. The molecule has 0 atom stereocenters. The van der Waals surface area contributed by atoms with Gasteiger partial charge < -0.3 is 15.2 Å². The minimum atomic E-state index is -0.0260. The van der Waals surface area contributed by atoms with Gasteiger partial charge in [0.05, 0.1) is 12.3 Å². The first kappa shape index (κ1) is 14.4. The van der Waals surface area contributed by atoms with Crippen molar-refractivity contribution in [3.05, 3.63) is 36.2 Å². The molecule has 20 heavy (non-hydrogen) atoms. The smallest absolute Gasteiger partial charge is 0.230 e. The molecule has 0 aliphatic heterocycles. The summed E-state index contributed by atoms with van der Waals surface area (Å²) in [5.74, 6) is 1.14. The van der Waals surface area contributed by atoms with Crippen molar-refractivity contribution in [2.75, 3.05) is 18.1 Å². The topological polar surface area (TPSA) is 71.8 Å². The van der Waals surface area contributed by atoms with Crippen LogP contribution in [-0.4, -0.2) is 33.5 Å². The summed E-state index contributed by atoms with van der Waals surface area (Å²) in [4.78, 5) is 11.2. The van der Waals surface area contributed by atoms with Crippen molar-refractivity contribution in [1.82, 2.24) is 20.1 Å². The first-order valence-corrected chi connectivity index (χ1v) is 7.20. The van der Waals surface area contributed by atoms with Gasteiger partial charge in [-0.3, -0.25) is 4.79 Å². The molecule has 0 unspecified atom stereocenters. The Morgan fingerprint density at radius 3 is 2.75 bits per heavy atom. The van der Waals surface area contributed by atoms with Gasteiger partial charge in [0.25, 0.3) is 0 Å². The van der Waals surface area contributed by atoms with Gasteiger partial charge in [-0.25, -0.2) is 0 Å². The van der Waals surface area contributed by atoms with Gasteiger partial charge in [-0.05, 0) is 12.1 Å². The van der Waals surface area contributed by atoms with Crippen molar-refractivity contribution in [1.29, 1.82) is 0 Å². The molecule has 2 N–H and O–H groups in total. The normalized spacial score (nSPS) is 10.3. The molecule has 1 aromatic carbocycles. The molecular weight excluding hydrogens is 274 g/mol.